The van der Waals surface area contributed by atoms with Crippen molar-refractivity contribution in [1.82, 2.24) is 9.88 Å². The van der Waals surface area contributed by atoms with Crippen LogP contribution in [0.3, 0.4) is 0 Å². The SMILES string of the molecule is Cc1ccc(OCC(O)CN(Cc2ccc(=O)[nH]c2)Cc2ccccc2C)cc1. The first-order valence-corrected chi connectivity index (χ1v) is 9.81. The topological polar surface area (TPSA) is 65.6 Å². The fourth-order valence-corrected chi connectivity index (χ4v) is 3.19. The number of aromatic amines is 1. The Hall–Kier alpha value is -2.89. The highest BCUT2D eigenvalue weighted by molar-refractivity contribution is 5.27. The number of aryl methyl sites for hydroxylation is 2. The molecule has 2 aromatic carbocycles. The number of rotatable bonds is 9. The van der Waals surface area contributed by atoms with Crippen LogP contribution in [0.2, 0.25) is 0 Å². The Morgan fingerprint density at radius 3 is 2.45 bits per heavy atom. The second kappa shape index (κ2) is 10.0. The zero-order chi connectivity index (χ0) is 20.6. The van der Waals surface area contributed by atoms with Crippen molar-refractivity contribution in [2.24, 2.45) is 0 Å². The Kier molecular flexibility index (Phi) is 7.22. The van der Waals surface area contributed by atoms with Gasteiger partial charge in [-0.3, -0.25) is 9.69 Å². The highest BCUT2D eigenvalue weighted by atomic mass is 16.5. The first kappa shape index (κ1) is 20.8. The van der Waals surface area contributed by atoms with E-state index in [1.54, 1.807) is 6.20 Å². The maximum absolute atomic E-state index is 11.3. The average Bonchev–Trinajstić information content (AvgIpc) is 2.71. The third-order valence-electron chi connectivity index (χ3n) is 4.84. The molecule has 1 heterocycles. The number of benzene rings is 2. The summed E-state index contributed by atoms with van der Waals surface area (Å²) < 4.78 is 5.74. The number of hydrogen-bond acceptors (Lipinski definition) is 4. The summed E-state index contributed by atoms with van der Waals surface area (Å²) in [6, 6.07) is 19.4. The van der Waals surface area contributed by atoms with E-state index in [9.17, 15) is 9.90 Å². The third kappa shape index (κ3) is 6.59. The van der Waals surface area contributed by atoms with E-state index >= 15 is 0 Å². The quantitative estimate of drug-likeness (QED) is 0.586. The summed E-state index contributed by atoms with van der Waals surface area (Å²) in [6.07, 6.45) is 1.09. The van der Waals surface area contributed by atoms with E-state index in [2.05, 4.69) is 28.9 Å². The molecule has 5 nitrogen and oxygen atoms in total. The van der Waals surface area contributed by atoms with Crippen molar-refractivity contribution in [2.45, 2.75) is 33.0 Å². The minimum Gasteiger partial charge on any atom is -0.491 e. The van der Waals surface area contributed by atoms with Gasteiger partial charge in [0.2, 0.25) is 5.56 Å². The van der Waals surface area contributed by atoms with Crippen molar-refractivity contribution < 1.29 is 9.84 Å². The van der Waals surface area contributed by atoms with Crippen molar-refractivity contribution in [3.63, 3.8) is 0 Å². The van der Waals surface area contributed by atoms with Crippen LogP contribution in [0.4, 0.5) is 0 Å². The molecule has 0 radical (unpaired) electrons. The first-order valence-electron chi connectivity index (χ1n) is 9.81. The van der Waals surface area contributed by atoms with Gasteiger partial charge in [0.05, 0.1) is 0 Å². The molecule has 0 fully saturated rings. The van der Waals surface area contributed by atoms with Gasteiger partial charge >= 0.3 is 0 Å². The smallest absolute Gasteiger partial charge is 0.247 e. The van der Waals surface area contributed by atoms with Crippen LogP contribution in [0.15, 0.2) is 71.7 Å². The van der Waals surface area contributed by atoms with Crippen LogP contribution in [0.1, 0.15) is 22.3 Å². The van der Waals surface area contributed by atoms with Gasteiger partial charge in [0.25, 0.3) is 0 Å². The van der Waals surface area contributed by atoms with E-state index in [4.69, 9.17) is 4.74 Å². The molecule has 0 aliphatic rings. The van der Waals surface area contributed by atoms with E-state index in [0.29, 0.717) is 19.6 Å². The fraction of sp³-hybridized carbons (Fsp3) is 0.292. The molecule has 1 aromatic heterocycles. The lowest BCUT2D eigenvalue weighted by Crippen LogP contribution is -2.35. The molecule has 29 heavy (non-hydrogen) atoms. The van der Waals surface area contributed by atoms with Gasteiger partial charge in [-0.25, -0.2) is 0 Å². The van der Waals surface area contributed by atoms with Gasteiger partial charge in [0, 0.05) is 31.9 Å². The molecular formula is C24H28N2O3. The van der Waals surface area contributed by atoms with Crippen molar-refractivity contribution >= 4 is 0 Å². The number of pyridine rings is 1. The Morgan fingerprint density at radius 2 is 1.76 bits per heavy atom. The molecule has 1 unspecified atom stereocenters. The summed E-state index contributed by atoms with van der Waals surface area (Å²) >= 11 is 0. The second-order valence-electron chi connectivity index (χ2n) is 7.44. The van der Waals surface area contributed by atoms with E-state index in [1.165, 1.54) is 22.8 Å². The molecule has 3 rings (SSSR count). The Labute approximate surface area is 171 Å². The van der Waals surface area contributed by atoms with E-state index in [0.717, 1.165) is 11.3 Å². The van der Waals surface area contributed by atoms with Crippen molar-refractivity contribution in [2.75, 3.05) is 13.2 Å². The molecule has 0 aliphatic heterocycles. The van der Waals surface area contributed by atoms with Gasteiger partial charge in [-0.15, -0.1) is 0 Å². The number of nitrogens with zero attached hydrogens (tertiary/aromatic N) is 1. The molecular weight excluding hydrogens is 364 g/mol. The lowest BCUT2D eigenvalue weighted by Gasteiger charge is -2.26. The van der Waals surface area contributed by atoms with E-state index in [-0.39, 0.29) is 12.2 Å². The fourth-order valence-electron chi connectivity index (χ4n) is 3.19. The van der Waals surface area contributed by atoms with Gasteiger partial charge in [0.15, 0.2) is 0 Å². The van der Waals surface area contributed by atoms with Gasteiger partial charge in [-0.1, -0.05) is 48.0 Å². The van der Waals surface area contributed by atoms with E-state index < -0.39 is 6.10 Å². The van der Waals surface area contributed by atoms with Crippen LogP contribution < -0.4 is 10.3 Å². The minimum absolute atomic E-state index is 0.120. The maximum atomic E-state index is 11.3. The van der Waals surface area contributed by atoms with Crippen LogP contribution in [0.5, 0.6) is 5.75 Å². The van der Waals surface area contributed by atoms with E-state index in [1.807, 2.05) is 49.4 Å². The van der Waals surface area contributed by atoms with Crippen molar-refractivity contribution in [3.8, 4) is 5.75 Å². The largest absolute Gasteiger partial charge is 0.491 e. The zero-order valence-electron chi connectivity index (χ0n) is 17.0. The summed E-state index contributed by atoms with van der Waals surface area (Å²) in [4.78, 5) is 16.2. The zero-order valence-corrected chi connectivity index (χ0v) is 17.0. The molecule has 152 valence electrons. The summed E-state index contributed by atoms with van der Waals surface area (Å²) in [5, 5.41) is 10.6. The molecule has 5 heteroatoms. The highest BCUT2D eigenvalue weighted by Crippen LogP contribution is 2.15. The molecule has 0 aliphatic carbocycles. The summed E-state index contributed by atoms with van der Waals surface area (Å²) in [5.41, 5.74) is 4.46. The monoisotopic (exact) mass is 392 g/mol. The van der Waals surface area contributed by atoms with Crippen LogP contribution >= 0.6 is 0 Å². The number of aliphatic hydroxyl groups excluding tert-OH is 1. The normalized spacial score (nSPS) is 12.1. The van der Waals surface area contributed by atoms with Crippen LogP contribution in [-0.4, -0.2) is 34.2 Å². The number of aliphatic hydroxyl groups is 1. The Balaban J connectivity index is 1.66. The molecule has 2 N–H and O–H groups in total. The number of ether oxygens (including phenoxy) is 1. The molecule has 0 amide bonds. The number of aromatic nitrogens is 1. The van der Waals surface area contributed by atoms with Crippen LogP contribution in [-0.2, 0) is 13.1 Å². The third-order valence-corrected chi connectivity index (χ3v) is 4.84. The second-order valence-corrected chi connectivity index (χ2v) is 7.44. The highest BCUT2D eigenvalue weighted by Gasteiger charge is 2.15. The maximum Gasteiger partial charge on any atom is 0.247 e. The average molecular weight is 392 g/mol. The van der Waals surface area contributed by atoms with Gasteiger partial charge in [-0.2, -0.15) is 0 Å². The Morgan fingerprint density at radius 1 is 1.00 bits per heavy atom. The number of H-pyrrole nitrogens is 1. The lowest BCUT2D eigenvalue weighted by atomic mass is 10.1. The summed E-state index contributed by atoms with van der Waals surface area (Å²) in [6.45, 7) is 6.11. The molecule has 0 spiro atoms. The van der Waals surface area contributed by atoms with Crippen molar-refractivity contribution in [1.29, 1.82) is 0 Å². The van der Waals surface area contributed by atoms with Gasteiger partial charge in [0.1, 0.15) is 18.5 Å². The van der Waals surface area contributed by atoms with Crippen LogP contribution in [0.25, 0.3) is 0 Å². The van der Waals surface area contributed by atoms with Gasteiger partial charge < -0.3 is 14.8 Å². The molecule has 3 aromatic rings. The molecule has 1 atom stereocenters. The number of nitrogens with one attached hydrogen (secondary N) is 1. The summed E-state index contributed by atoms with van der Waals surface area (Å²) in [7, 11) is 0. The van der Waals surface area contributed by atoms with Crippen LogP contribution in [0, 0.1) is 13.8 Å². The standard InChI is InChI=1S/C24H28N2O3/c1-18-7-10-23(11-8-18)29-17-22(27)16-26(14-20-9-12-24(28)25-13-20)15-21-6-4-3-5-19(21)2/h3-13,22,27H,14-17H2,1-2H3,(H,25,28). The molecule has 0 saturated carbocycles. The molecule has 0 bridgehead atoms. The Bertz CT molecular complexity index is 946. The van der Waals surface area contributed by atoms with Crippen molar-refractivity contribution in [3.05, 3.63) is 99.5 Å². The first-order chi connectivity index (χ1) is 14.0. The summed E-state index contributed by atoms with van der Waals surface area (Å²) in [5.74, 6) is 0.751. The predicted octanol–water partition coefficient (Wildman–Crippen LogP) is 3.43. The minimum atomic E-state index is -0.636. The predicted molar refractivity (Wildman–Crippen MR) is 115 cm³/mol. The van der Waals surface area contributed by atoms with Gasteiger partial charge in [-0.05, 0) is 42.7 Å². The lowest BCUT2D eigenvalue weighted by molar-refractivity contribution is 0.0627. The molecule has 0 saturated heterocycles. The number of hydrogen-bond donors (Lipinski definition) is 2.